The zero-order valence-electron chi connectivity index (χ0n) is 14.2. The smallest absolute Gasteiger partial charge is 0.318 e. The number of rotatable bonds is 6. The van der Waals surface area contributed by atoms with Crippen molar-refractivity contribution in [2.75, 3.05) is 39.9 Å². The van der Waals surface area contributed by atoms with E-state index in [1.165, 1.54) is 6.07 Å². The van der Waals surface area contributed by atoms with Gasteiger partial charge in [0.15, 0.2) is 0 Å². The van der Waals surface area contributed by atoms with Crippen LogP contribution in [0.1, 0.15) is 18.4 Å². The fraction of sp³-hybridized carbons (Fsp3) is 0.611. The van der Waals surface area contributed by atoms with Crippen LogP contribution in [0.4, 0.5) is 9.18 Å². The van der Waals surface area contributed by atoms with E-state index in [4.69, 9.17) is 4.74 Å². The fourth-order valence-corrected chi connectivity index (χ4v) is 3.66. The first-order chi connectivity index (χ1) is 11.7. The third-order valence-corrected chi connectivity index (χ3v) is 5.14. The lowest BCUT2D eigenvalue weighted by atomic mass is 9.84. The molecule has 0 spiro atoms. The van der Waals surface area contributed by atoms with Gasteiger partial charge in [0, 0.05) is 31.8 Å². The van der Waals surface area contributed by atoms with Crippen LogP contribution in [-0.2, 0) is 11.3 Å². The molecule has 6 heteroatoms. The molecule has 3 aliphatic heterocycles. The number of hydrogen-bond acceptors (Lipinski definition) is 3. The fourth-order valence-electron chi connectivity index (χ4n) is 3.66. The van der Waals surface area contributed by atoms with E-state index >= 15 is 0 Å². The van der Waals surface area contributed by atoms with Crippen molar-refractivity contribution in [3.8, 4) is 0 Å². The summed E-state index contributed by atoms with van der Waals surface area (Å²) in [6.45, 7) is 4.33. The van der Waals surface area contributed by atoms with Crippen LogP contribution in [0.5, 0.6) is 0 Å². The van der Waals surface area contributed by atoms with Crippen molar-refractivity contribution in [2.24, 2.45) is 5.92 Å². The molecule has 1 N–H and O–H groups in total. The maximum absolute atomic E-state index is 13.9. The monoisotopic (exact) mass is 335 g/mol. The molecule has 3 saturated heterocycles. The topological polar surface area (TPSA) is 44.8 Å². The molecule has 1 aromatic carbocycles. The van der Waals surface area contributed by atoms with Crippen molar-refractivity contribution >= 4 is 6.03 Å². The summed E-state index contributed by atoms with van der Waals surface area (Å²) in [6.07, 6.45) is 2.30. The minimum atomic E-state index is -0.282. The van der Waals surface area contributed by atoms with Gasteiger partial charge in [-0.3, -0.25) is 0 Å². The molecule has 5 nitrogen and oxygen atoms in total. The number of hydrogen-bond donors (Lipinski definition) is 1. The van der Waals surface area contributed by atoms with E-state index in [-0.39, 0.29) is 24.4 Å². The lowest BCUT2D eigenvalue weighted by Crippen LogP contribution is -2.59. The van der Waals surface area contributed by atoms with E-state index in [9.17, 15) is 9.18 Å². The lowest BCUT2D eigenvalue weighted by molar-refractivity contribution is 0.0711. The van der Waals surface area contributed by atoms with Gasteiger partial charge in [-0.25, -0.2) is 9.18 Å². The maximum Gasteiger partial charge on any atom is 0.318 e. The van der Waals surface area contributed by atoms with Crippen molar-refractivity contribution in [3.63, 3.8) is 0 Å². The van der Waals surface area contributed by atoms with Crippen LogP contribution in [0.25, 0.3) is 0 Å². The van der Waals surface area contributed by atoms with E-state index in [0.29, 0.717) is 24.6 Å². The van der Waals surface area contributed by atoms with Crippen molar-refractivity contribution < 1.29 is 13.9 Å². The Balaban J connectivity index is 1.64. The molecule has 3 aliphatic rings. The molecule has 2 amide bonds. The molecule has 0 aliphatic carbocycles. The molecule has 0 aromatic heterocycles. The van der Waals surface area contributed by atoms with E-state index in [2.05, 4.69) is 10.2 Å². The van der Waals surface area contributed by atoms with Crippen LogP contribution < -0.4 is 5.32 Å². The second kappa shape index (κ2) is 7.94. The zero-order chi connectivity index (χ0) is 16.9. The van der Waals surface area contributed by atoms with Gasteiger partial charge in [-0.2, -0.15) is 0 Å². The number of piperidine rings is 3. The summed E-state index contributed by atoms with van der Waals surface area (Å²) in [6, 6.07) is 6.66. The standard InChI is InChI=1S/C18H26FN3O2/c1-24-11-10-22(12-15-4-2-3-5-16(15)19)18(23)20-17-13-21-8-6-14(17)7-9-21/h2-5,14,17H,6-13H2,1H3,(H,20,23)/t17-/m0/s1. The van der Waals surface area contributed by atoms with Crippen molar-refractivity contribution in [3.05, 3.63) is 35.6 Å². The molecule has 3 fully saturated rings. The second-order valence-electron chi connectivity index (χ2n) is 6.70. The normalized spacial score (nSPS) is 25.5. The summed E-state index contributed by atoms with van der Waals surface area (Å²) in [7, 11) is 1.60. The molecule has 2 bridgehead atoms. The predicted molar refractivity (Wildman–Crippen MR) is 90.2 cm³/mol. The highest BCUT2D eigenvalue weighted by molar-refractivity contribution is 5.74. The average molecular weight is 335 g/mol. The Morgan fingerprint density at radius 2 is 2.12 bits per heavy atom. The van der Waals surface area contributed by atoms with Gasteiger partial charge in [0.25, 0.3) is 0 Å². The minimum absolute atomic E-state index is 0.131. The average Bonchev–Trinajstić information content (AvgIpc) is 2.61. The van der Waals surface area contributed by atoms with Gasteiger partial charge in [-0.05, 0) is 37.9 Å². The maximum atomic E-state index is 13.9. The Bertz CT molecular complexity index is 561. The molecular weight excluding hydrogens is 309 g/mol. The number of benzene rings is 1. The second-order valence-corrected chi connectivity index (χ2v) is 6.70. The van der Waals surface area contributed by atoms with Gasteiger partial charge in [-0.1, -0.05) is 18.2 Å². The molecule has 0 saturated carbocycles. The number of ether oxygens (including phenoxy) is 1. The van der Waals surface area contributed by atoms with Crippen LogP contribution in [0.15, 0.2) is 24.3 Å². The number of carbonyl (C=O) groups is 1. The summed E-state index contributed by atoms with van der Waals surface area (Å²) in [5.41, 5.74) is 0.526. The van der Waals surface area contributed by atoms with Gasteiger partial charge in [-0.15, -0.1) is 0 Å². The molecule has 24 heavy (non-hydrogen) atoms. The molecule has 0 unspecified atom stereocenters. The number of carbonyl (C=O) groups excluding carboxylic acids is 1. The Kier molecular flexibility index (Phi) is 5.68. The number of fused-ring (bicyclic) bond motifs is 3. The molecule has 1 atom stereocenters. The summed E-state index contributed by atoms with van der Waals surface area (Å²) in [4.78, 5) is 16.8. The first-order valence-electron chi connectivity index (χ1n) is 8.67. The number of amides is 2. The summed E-state index contributed by atoms with van der Waals surface area (Å²) in [5, 5.41) is 3.17. The van der Waals surface area contributed by atoms with Gasteiger partial charge >= 0.3 is 6.03 Å². The molecule has 3 heterocycles. The van der Waals surface area contributed by atoms with Crippen LogP contribution in [0, 0.1) is 11.7 Å². The number of urea groups is 1. The minimum Gasteiger partial charge on any atom is -0.383 e. The largest absolute Gasteiger partial charge is 0.383 e. The van der Waals surface area contributed by atoms with E-state index in [1.807, 2.05) is 0 Å². The third-order valence-electron chi connectivity index (χ3n) is 5.14. The molecular formula is C18H26FN3O2. The van der Waals surface area contributed by atoms with Crippen LogP contribution in [0.3, 0.4) is 0 Å². The Morgan fingerprint density at radius 3 is 2.75 bits per heavy atom. The summed E-state index contributed by atoms with van der Waals surface area (Å²) in [5.74, 6) is 0.284. The molecule has 4 rings (SSSR count). The highest BCUT2D eigenvalue weighted by Crippen LogP contribution is 2.27. The lowest BCUT2D eigenvalue weighted by Gasteiger charge is -2.45. The number of nitrogens with one attached hydrogen (secondary N) is 1. The van der Waals surface area contributed by atoms with Gasteiger partial charge < -0.3 is 19.9 Å². The third kappa shape index (κ3) is 4.05. The number of nitrogens with zero attached hydrogens (tertiary/aromatic N) is 2. The Labute approximate surface area is 142 Å². The van der Waals surface area contributed by atoms with Gasteiger partial charge in [0.1, 0.15) is 5.82 Å². The first kappa shape index (κ1) is 17.2. The van der Waals surface area contributed by atoms with Crippen molar-refractivity contribution in [2.45, 2.75) is 25.4 Å². The summed E-state index contributed by atoms with van der Waals surface area (Å²) >= 11 is 0. The van der Waals surface area contributed by atoms with Crippen molar-refractivity contribution in [1.82, 2.24) is 15.1 Å². The Hall–Kier alpha value is -1.66. The van der Waals surface area contributed by atoms with E-state index in [0.717, 1.165) is 32.5 Å². The summed E-state index contributed by atoms with van der Waals surface area (Å²) < 4.78 is 19.0. The SMILES string of the molecule is COCCN(Cc1ccccc1F)C(=O)N[C@H]1CN2CCC1CC2. The van der Waals surface area contributed by atoms with E-state index < -0.39 is 0 Å². The van der Waals surface area contributed by atoms with Crippen molar-refractivity contribution in [1.29, 1.82) is 0 Å². The van der Waals surface area contributed by atoms with Crippen LogP contribution in [-0.4, -0.2) is 61.8 Å². The quantitative estimate of drug-likeness (QED) is 0.866. The van der Waals surface area contributed by atoms with Gasteiger partial charge in [0.05, 0.1) is 13.2 Å². The predicted octanol–water partition coefficient (Wildman–Crippen LogP) is 2.08. The molecule has 1 aromatic rings. The molecule has 132 valence electrons. The highest BCUT2D eigenvalue weighted by Gasteiger charge is 2.35. The van der Waals surface area contributed by atoms with Gasteiger partial charge in [0.2, 0.25) is 0 Å². The number of halogens is 1. The number of methoxy groups -OCH3 is 1. The van der Waals surface area contributed by atoms with Crippen LogP contribution in [0.2, 0.25) is 0 Å². The Morgan fingerprint density at radius 1 is 1.38 bits per heavy atom. The highest BCUT2D eigenvalue weighted by atomic mass is 19.1. The van der Waals surface area contributed by atoms with E-state index in [1.54, 1.807) is 30.2 Å². The molecule has 0 radical (unpaired) electrons. The van der Waals surface area contributed by atoms with Crippen LogP contribution >= 0.6 is 0 Å². The first-order valence-corrected chi connectivity index (χ1v) is 8.67. The zero-order valence-corrected chi connectivity index (χ0v) is 14.2.